The maximum Gasteiger partial charge on any atom is 0.425 e. The van der Waals surface area contributed by atoms with Gasteiger partial charge in [0, 0.05) is 42.4 Å². The molecule has 5 rings (SSSR count). The zero-order valence-corrected chi connectivity index (χ0v) is 22.5. The summed E-state index contributed by atoms with van der Waals surface area (Å²) in [6.07, 6.45) is 3.92. The maximum atomic E-state index is 12.6. The molecule has 204 valence electrons. The van der Waals surface area contributed by atoms with Crippen molar-refractivity contribution in [2.45, 2.75) is 44.1 Å². The molecule has 2 aliphatic heterocycles. The van der Waals surface area contributed by atoms with Gasteiger partial charge in [-0.15, -0.1) is 6.58 Å². The van der Waals surface area contributed by atoms with E-state index in [1.54, 1.807) is 0 Å². The van der Waals surface area contributed by atoms with Gasteiger partial charge in [-0.05, 0) is 62.8 Å². The predicted molar refractivity (Wildman–Crippen MR) is 145 cm³/mol. The van der Waals surface area contributed by atoms with Gasteiger partial charge in [0.1, 0.15) is 11.6 Å². The maximum absolute atomic E-state index is 12.6. The Morgan fingerprint density at radius 3 is 2.55 bits per heavy atom. The Morgan fingerprint density at radius 1 is 1.21 bits per heavy atom. The van der Waals surface area contributed by atoms with Crippen molar-refractivity contribution in [2.75, 3.05) is 49.2 Å². The highest BCUT2D eigenvalue weighted by molar-refractivity contribution is 7.87. The van der Waals surface area contributed by atoms with Crippen molar-refractivity contribution < 1.29 is 22.1 Å². The fraction of sp³-hybridized carbons (Fsp3) is 0.519. The van der Waals surface area contributed by atoms with E-state index in [1.807, 2.05) is 24.3 Å². The Balaban J connectivity index is 1.47. The Kier molecular flexibility index (Phi) is 7.32. The number of piperidine rings is 1. The quantitative estimate of drug-likeness (QED) is 0.319. The minimum absolute atomic E-state index is 0.178. The molecule has 1 atom stereocenters. The molecular weight excluding hydrogens is 506 g/mol. The first kappa shape index (κ1) is 26.4. The number of rotatable bonds is 7. The number of anilines is 2. The highest BCUT2D eigenvalue weighted by atomic mass is 32.2. The summed E-state index contributed by atoms with van der Waals surface area (Å²) in [5.41, 5.74) is 8.24. The SMILES string of the molecule is C=CCS(=O)(=O)OC(=O)N1CCC(c2cc(N3CCOC[C@@H]3C)nc(-c3ccc(N)cc3)n2)(C2CC2)CC1. The topological polar surface area (TPSA) is 128 Å². The van der Waals surface area contributed by atoms with Gasteiger partial charge < -0.3 is 24.5 Å². The van der Waals surface area contributed by atoms with Crippen molar-refractivity contribution >= 4 is 27.7 Å². The summed E-state index contributed by atoms with van der Waals surface area (Å²) in [4.78, 5) is 26.5. The molecule has 2 aromatic rings. The first-order chi connectivity index (χ1) is 18.2. The van der Waals surface area contributed by atoms with Crippen LogP contribution in [0.1, 0.15) is 38.3 Å². The van der Waals surface area contributed by atoms with E-state index in [1.165, 1.54) is 11.0 Å². The molecule has 1 aromatic carbocycles. The van der Waals surface area contributed by atoms with Crippen LogP contribution in [0.2, 0.25) is 0 Å². The smallest absolute Gasteiger partial charge is 0.399 e. The molecule has 3 fully saturated rings. The van der Waals surface area contributed by atoms with Crippen LogP contribution >= 0.6 is 0 Å². The van der Waals surface area contributed by atoms with Gasteiger partial charge in [0.25, 0.3) is 0 Å². The molecule has 0 bridgehead atoms. The monoisotopic (exact) mass is 541 g/mol. The largest absolute Gasteiger partial charge is 0.425 e. The van der Waals surface area contributed by atoms with Crippen molar-refractivity contribution in [3.8, 4) is 11.4 Å². The van der Waals surface area contributed by atoms with Crippen LogP contribution in [-0.4, -0.2) is 74.0 Å². The minimum atomic E-state index is -3.98. The van der Waals surface area contributed by atoms with Gasteiger partial charge >= 0.3 is 16.2 Å². The third-order valence-corrected chi connectivity index (χ3v) is 8.89. The lowest BCUT2D eigenvalue weighted by molar-refractivity contribution is 0.0984. The predicted octanol–water partition coefficient (Wildman–Crippen LogP) is 3.35. The summed E-state index contributed by atoms with van der Waals surface area (Å²) in [6.45, 7) is 8.34. The highest BCUT2D eigenvalue weighted by Crippen LogP contribution is 2.53. The van der Waals surface area contributed by atoms with Crippen LogP contribution in [0.25, 0.3) is 11.4 Å². The van der Waals surface area contributed by atoms with Gasteiger partial charge in [0.05, 0.1) is 24.9 Å². The Hall–Kier alpha value is -3.18. The molecule has 0 radical (unpaired) electrons. The van der Waals surface area contributed by atoms with E-state index in [0.717, 1.165) is 36.5 Å². The zero-order chi connectivity index (χ0) is 26.9. The van der Waals surface area contributed by atoms with Crippen LogP contribution in [-0.2, 0) is 24.5 Å². The molecule has 2 N–H and O–H groups in total. The molecule has 11 heteroatoms. The molecule has 38 heavy (non-hydrogen) atoms. The normalized spacial score (nSPS) is 21.7. The molecule has 0 unspecified atom stereocenters. The van der Waals surface area contributed by atoms with Crippen LogP contribution in [0, 0.1) is 5.92 Å². The standard InChI is InChI=1S/C27H35N5O5S/c1-3-16-38(34,35)37-26(33)31-12-10-27(11-13-31,21-6-7-21)23-17-24(32-14-15-36-18-19(32)2)30-25(29-23)20-4-8-22(28)9-5-20/h3-5,8-9,17,19,21H,1,6-7,10-16,18,28H2,2H3/t19-/m0/s1. The van der Waals surface area contributed by atoms with Crippen LogP contribution in [0.4, 0.5) is 16.3 Å². The third-order valence-electron chi connectivity index (χ3n) is 7.85. The molecule has 3 heterocycles. The Labute approximate surface area is 224 Å². The van der Waals surface area contributed by atoms with Crippen LogP contribution < -0.4 is 10.6 Å². The van der Waals surface area contributed by atoms with E-state index < -0.39 is 22.0 Å². The lowest BCUT2D eigenvalue weighted by atomic mass is 9.71. The van der Waals surface area contributed by atoms with Crippen molar-refractivity contribution in [1.29, 1.82) is 0 Å². The fourth-order valence-corrected chi connectivity index (χ4v) is 6.28. The summed E-state index contributed by atoms with van der Waals surface area (Å²) in [5.74, 6) is 1.56. The summed E-state index contributed by atoms with van der Waals surface area (Å²) >= 11 is 0. The number of nitrogens with two attached hydrogens (primary N) is 1. The number of aromatic nitrogens is 2. The van der Waals surface area contributed by atoms with Gasteiger partial charge in [0.15, 0.2) is 5.82 Å². The summed E-state index contributed by atoms with van der Waals surface area (Å²) in [5, 5.41) is 0. The summed E-state index contributed by atoms with van der Waals surface area (Å²) in [7, 11) is -3.98. The molecule has 10 nitrogen and oxygen atoms in total. The first-order valence-electron chi connectivity index (χ1n) is 13.1. The van der Waals surface area contributed by atoms with E-state index in [-0.39, 0.29) is 11.5 Å². The molecular formula is C27H35N5O5S. The van der Waals surface area contributed by atoms with E-state index in [2.05, 4.69) is 24.5 Å². The van der Waals surface area contributed by atoms with E-state index in [4.69, 9.17) is 24.6 Å². The second kappa shape index (κ2) is 10.5. The lowest BCUT2D eigenvalue weighted by Crippen LogP contribution is -2.48. The molecule has 1 amide bonds. The summed E-state index contributed by atoms with van der Waals surface area (Å²) in [6, 6.07) is 9.87. The van der Waals surface area contributed by atoms with Crippen LogP contribution in [0.5, 0.6) is 0 Å². The number of hydrogen-bond acceptors (Lipinski definition) is 9. The van der Waals surface area contributed by atoms with Gasteiger partial charge in [0.2, 0.25) is 0 Å². The van der Waals surface area contributed by atoms with E-state index >= 15 is 0 Å². The zero-order valence-electron chi connectivity index (χ0n) is 21.7. The van der Waals surface area contributed by atoms with Gasteiger partial charge in [-0.3, -0.25) is 0 Å². The highest BCUT2D eigenvalue weighted by Gasteiger charge is 2.50. The minimum Gasteiger partial charge on any atom is -0.399 e. The van der Waals surface area contributed by atoms with Crippen LogP contribution in [0.3, 0.4) is 0 Å². The molecule has 2 saturated heterocycles. The molecule has 1 aliphatic carbocycles. The van der Waals surface area contributed by atoms with Crippen molar-refractivity contribution in [1.82, 2.24) is 14.9 Å². The first-order valence-corrected chi connectivity index (χ1v) is 14.7. The number of carbonyl (C=O) groups is 1. The van der Waals surface area contributed by atoms with Gasteiger partial charge in [-0.1, -0.05) is 6.08 Å². The molecule has 3 aliphatic rings. The Bertz CT molecular complexity index is 1290. The van der Waals surface area contributed by atoms with Crippen LogP contribution in [0.15, 0.2) is 43.0 Å². The Morgan fingerprint density at radius 2 is 1.92 bits per heavy atom. The number of nitrogen functional groups attached to an aromatic ring is 1. The number of ether oxygens (including phenoxy) is 1. The average Bonchev–Trinajstić information content (AvgIpc) is 3.75. The number of likely N-dealkylation sites (tertiary alicyclic amines) is 1. The van der Waals surface area contributed by atoms with Crippen molar-refractivity contribution in [3.63, 3.8) is 0 Å². The molecule has 1 saturated carbocycles. The van der Waals surface area contributed by atoms with E-state index in [9.17, 15) is 13.2 Å². The van der Waals surface area contributed by atoms with E-state index in [0.29, 0.717) is 56.6 Å². The summed E-state index contributed by atoms with van der Waals surface area (Å²) < 4.78 is 34.4. The van der Waals surface area contributed by atoms with Gasteiger partial charge in [-0.25, -0.2) is 14.8 Å². The second-order valence-electron chi connectivity index (χ2n) is 10.5. The van der Waals surface area contributed by atoms with Gasteiger partial charge in [-0.2, -0.15) is 8.42 Å². The van der Waals surface area contributed by atoms with Crippen molar-refractivity contribution in [2.24, 2.45) is 5.92 Å². The lowest BCUT2D eigenvalue weighted by Gasteiger charge is -2.42. The fourth-order valence-electron chi connectivity index (χ4n) is 5.60. The number of hydrogen-bond donors (Lipinski definition) is 1. The number of morpholine rings is 1. The average molecular weight is 542 g/mol. The number of carbonyl (C=O) groups excluding carboxylic acids is 1. The number of benzene rings is 1. The molecule has 0 spiro atoms. The third kappa shape index (κ3) is 5.49. The van der Waals surface area contributed by atoms with Crippen molar-refractivity contribution in [3.05, 3.63) is 48.7 Å². The second-order valence-corrected chi connectivity index (χ2v) is 12.1. The number of amides is 1. The molecule has 1 aromatic heterocycles. The number of nitrogens with zero attached hydrogens (tertiary/aromatic N) is 4.